The van der Waals surface area contributed by atoms with Crippen molar-refractivity contribution < 1.29 is 19.1 Å². The van der Waals surface area contributed by atoms with Crippen molar-refractivity contribution in [2.75, 3.05) is 0 Å². The smallest absolute Gasteiger partial charge is 0.307 e. The van der Waals surface area contributed by atoms with Crippen LogP contribution in [0.1, 0.15) is 18.9 Å². The van der Waals surface area contributed by atoms with Crippen molar-refractivity contribution in [1.82, 2.24) is 0 Å². The van der Waals surface area contributed by atoms with Gasteiger partial charge in [-0.2, -0.15) is 0 Å². The van der Waals surface area contributed by atoms with Gasteiger partial charge in [0, 0.05) is 6.42 Å². The summed E-state index contributed by atoms with van der Waals surface area (Å²) in [5.74, 6) is -2.86. The maximum atomic E-state index is 13.4. The zero-order chi connectivity index (χ0) is 13.7. The second kappa shape index (κ2) is 6.26. The van der Waals surface area contributed by atoms with Crippen LogP contribution in [0.2, 0.25) is 0 Å². The van der Waals surface area contributed by atoms with E-state index in [2.05, 4.69) is 0 Å². The highest BCUT2D eigenvalue weighted by molar-refractivity contribution is 5.87. The molecule has 0 amide bonds. The maximum Gasteiger partial charge on any atom is 0.307 e. The van der Waals surface area contributed by atoms with Crippen molar-refractivity contribution in [3.8, 4) is 0 Å². The third-order valence-electron chi connectivity index (χ3n) is 2.73. The van der Waals surface area contributed by atoms with Crippen molar-refractivity contribution in [2.24, 2.45) is 11.7 Å². The SMILES string of the molecule is CC(N)C(=O)CC(Cc1ccccc1F)C(=O)O. The van der Waals surface area contributed by atoms with Crippen LogP contribution in [0, 0.1) is 11.7 Å². The lowest BCUT2D eigenvalue weighted by Crippen LogP contribution is -2.31. The zero-order valence-corrected chi connectivity index (χ0v) is 10.1. The van der Waals surface area contributed by atoms with Crippen LogP contribution in [0.15, 0.2) is 24.3 Å². The van der Waals surface area contributed by atoms with Crippen molar-refractivity contribution in [3.05, 3.63) is 35.6 Å². The molecule has 0 saturated heterocycles. The fourth-order valence-corrected chi connectivity index (χ4v) is 1.60. The number of hydrogen-bond acceptors (Lipinski definition) is 3. The first-order valence-electron chi connectivity index (χ1n) is 5.66. The van der Waals surface area contributed by atoms with Gasteiger partial charge in [-0.05, 0) is 25.0 Å². The molecule has 2 unspecified atom stereocenters. The second-order valence-corrected chi connectivity index (χ2v) is 4.29. The second-order valence-electron chi connectivity index (χ2n) is 4.29. The van der Waals surface area contributed by atoms with Gasteiger partial charge in [0.2, 0.25) is 0 Å². The summed E-state index contributed by atoms with van der Waals surface area (Å²) >= 11 is 0. The predicted octanol–water partition coefficient (Wildman–Crippen LogP) is 1.38. The Balaban J connectivity index is 2.79. The predicted molar refractivity (Wildman–Crippen MR) is 64.5 cm³/mol. The highest BCUT2D eigenvalue weighted by Crippen LogP contribution is 2.16. The number of carbonyl (C=O) groups excluding carboxylic acids is 1. The molecule has 0 radical (unpaired) electrons. The lowest BCUT2D eigenvalue weighted by molar-refractivity contribution is -0.143. The van der Waals surface area contributed by atoms with Crippen LogP contribution in [0.5, 0.6) is 0 Å². The van der Waals surface area contributed by atoms with Gasteiger partial charge in [-0.1, -0.05) is 18.2 Å². The summed E-state index contributed by atoms with van der Waals surface area (Å²) < 4.78 is 13.4. The maximum absolute atomic E-state index is 13.4. The Labute approximate surface area is 105 Å². The number of carboxylic acid groups (broad SMARTS) is 1. The van der Waals surface area contributed by atoms with E-state index in [1.165, 1.54) is 25.1 Å². The van der Waals surface area contributed by atoms with Crippen molar-refractivity contribution in [3.63, 3.8) is 0 Å². The molecule has 3 N–H and O–H groups in total. The van der Waals surface area contributed by atoms with Gasteiger partial charge in [-0.3, -0.25) is 9.59 Å². The van der Waals surface area contributed by atoms with E-state index in [0.29, 0.717) is 5.56 Å². The number of ketones is 1. The first-order chi connectivity index (χ1) is 8.41. The molecule has 4 nitrogen and oxygen atoms in total. The standard InChI is InChI=1S/C13H16FNO3/c1-8(15)12(16)7-10(13(17)18)6-9-4-2-3-5-11(9)14/h2-5,8,10H,6-7,15H2,1H3,(H,17,18). The molecule has 0 aliphatic carbocycles. The van der Waals surface area contributed by atoms with Crippen LogP contribution in [0.3, 0.4) is 0 Å². The van der Waals surface area contributed by atoms with E-state index in [0.717, 1.165) is 0 Å². The largest absolute Gasteiger partial charge is 0.481 e. The summed E-state index contributed by atoms with van der Waals surface area (Å²) in [4.78, 5) is 22.5. The third-order valence-corrected chi connectivity index (χ3v) is 2.73. The molecular formula is C13H16FNO3. The lowest BCUT2D eigenvalue weighted by Gasteiger charge is -2.13. The molecule has 0 spiro atoms. The van der Waals surface area contributed by atoms with Gasteiger partial charge in [-0.15, -0.1) is 0 Å². The molecule has 1 aromatic carbocycles. The molecule has 0 aliphatic heterocycles. The van der Waals surface area contributed by atoms with E-state index in [1.807, 2.05) is 0 Å². The van der Waals surface area contributed by atoms with E-state index in [-0.39, 0.29) is 18.6 Å². The van der Waals surface area contributed by atoms with Crippen LogP contribution in [-0.4, -0.2) is 22.9 Å². The van der Waals surface area contributed by atoms with Gasteiger partial charge in [0.15, 0.2) is 0 Å². The van der Waals surface area contributed by atoms with Gasteiger partial charge in [0.1, 0.15) is 11.6 Å². The summed E-state index contributed by atoms with van der Waals surface area (Å²) in [7, 11) is 0. The molecule has 2 atom stereocenters. The topological polar surface area (TPSA) is 80.4 Å². The molecular weight excluding hydrogens is 237 g/mol. The third kappa shape index (κ3) is 3.92. The van der Waals surface area contributed by atoms with E-state index >= 15 is 0 Å². The van der Waals surface area contributed by atoms with Gasteiger partial charge < -0.3 is 10.8 Å². The number of rotatable bonds is 6. The molecule has 0 bridgehead atoms. The molecule has 18 heavy (non-hydrogen) atoms. The van der Waals surface area contributed by atoms with Crippen LogP contribution < -0.4 is 5.73 Å². The average molecular weight is 253 g/mol. The Kier molecular flexibility index (Phi) is 4.97. The summed E-state index contributed by atoms with van der Waals surface area (Å²) in [6.45, 7) is 1.50. The Morgan fingerprint density at radius 2 is 2.00 bits per heavy atom. The Morgan fingerprint density at radius 3 is 2.50 bits per heavy atom. The Bertz CT molecular complexity index is 446. The number of aliphatic carboxylic acids is 1. The van der Waals surface area contributed by atoms with Crippen molar-refractivity contribution in [2.45, 2.75) is 25.8 Å². The summed E-state index contributed by atoms with van der Waals surface area (Å²) in [5, 5.41) is 9.04. The van der Waals surface area contributed by atoms with Gasteiger partial charge in [0.25, 0.3) is 0 Å². The highest BCUT2D eigenvalue weighted by Gasteiger charge is 2.24. The molecule has 1 aromatic rings. The van der Waals surface area contributed by atoms with Crippen molar-refractivity contribution in [1.29, 1.82) is 0 Å². The van der Waals surface area contributed by atoms with Crippen LogP contribution in [-0.2, 0) is 16.0 Å². The molecule has 0 aromatic heterocycles. The molecule has 5 heteroatoms. The number of nitrogens with two attached hydrogens (primary N) is 1. The average Bonchev–Trinajstić information content (AvgIpc) is 2.30. The summed E-state index contributed by atoms with van der Waals surface area (Å²) in [6.07, 6.45) is -0.193. The van der Waals surface area contributed by atoms with E-state index in [4.69, 9.17) is 10.8 Å². The number of carbonyl (C=O) groups is 2. The van der Waals surface area contributed by atoms with Crippen LogP contribution in [0.25, 0.3) is 0 Å². The van der Waals surface area contributed by atoms with Gasteiger partial charge in [-0.25, -0.2) is 4.39 Å². The fourth-order valence-electron chi connectivity index (χ4n) is 1.60. The lowest BCUT2D eigenvalue weighted by atomic mass is 9.92. The molecule has 0 fully saturated rings. The van der Waals surface area contributed by atoms with E-state index in [9.17, 15) is 14.0 Å². The first-order valence-corrected chi connectivity index (χ1v) is 5.66. The van der Waals surface area contributed by atoms with Gasteiger partial charge >= 0.3 is 5.97 Å². The van der Waals surface area contributed by atoms with Crippen LogP contribution in [0.4, 0.5) is 4.39 Å². The molecule has 0 saturated carbocycles. The molecule has 0 aliphatic rings. The highest BCUT2D eigenvalue weighted by atomic mass is 19.1. The minimum atomic E-state index is -1.12. The van der Waals surface area contributed by atoms with Gasteiger partial charge in [0.05, 0.1) is 12.0 Å². The first kappa shape index (κ1) is 14.3. The fraction of sp³-hybridized carbons (Fsp3) is 0.385. The quantitative estimate of drug-likeness (QED) is 0.802. The summed E-state index contributed by atoms with van der Waals surface area (Å²) in [6, 6.07) is 5.24. The number of carboxylic acids is 1. The number of hydrogen-bond donors (Lipinski definition) is 2. The Hall–Kier alpha value is -1.75. The number of Topliss-reactive ketones (excluding diaryl/α,β-unsaturated/α-hetero) is 1. The molecule has 1 rings (SSSR count). The normalized spacial score (nSPS) is 13.9. The van der Waals surface area contributed by atoms with E-state index in [1.54, 1.807) is 6.07 Å². The van der Waals surface area contributed by atoms with E-state index < -0.39 is 23.7 Å². The minimum absolute atomic E-state index is 0.0134. The Morgan fingerprint density at radius 1 is 1.39 bits per heavy atom. The number of halogens is 1. The summed E-state index contributed by atoms with van der Waals surface area (Å²) in [5.41, 5.74) is 5.68. The molecule has 0 heterocycles. The van der Waals surface area contributed by atoms with Crippen molar-refractivity contribution >= 4 is 11.8 Å². The minimum Gasteiger partial charge on any atom is -0.481 e. The zero-order valence-electron chi connectivity index (χ0n) is 10.1. The monoisotopic (exact) mass is 253 g/mol. The molecule has 98 valence electrons. The number of benzene rings is 1. The van der Waals surface area contributed by atoms with Crippen LogP contribution >= 0.6 is 0 Å².